The average Bonchev–Trinajstić information content (AvgIpc) is 2.67. The molecule has 2 N–H and O–H groups in total. The van der Waals surface area contributed by atoms with E-state index in [2.05, 4.69) is 23.0 Å². The van der Waals surface area contributed by atoms with E-state index in [1.807, 2.05) is 30.0 Å². The molecule has 0 saturated heterocycles. The van der Waals surface area contributed by atoms with Gasteiger partial charge in [-0.2, -0.15) is 11.8 Å². The van der Waals surface area contributed by atoms with Gasteiger partial charge in [0, 0.05) is 17.0 Å². The van der Waals surface area contributed by atoms with Crippen LogP contribution in [0.5, 0.6) is 0 Å². The van der Waals surface area contributed by atoms with E-state index in [1.54, 1.807) is 0 Å². The number of nitrogens with one attached hydrogen (secondary N) is 2. The quantitative estimate of drug-likeness (QED) is 0.901. The summed E-state index contributed by atoms with van der Waals surface area (Å²) in [6, 6.07) is 8.56. The first kappa shape index (κ1) is 14.9. The van der Waals surface area contributed by atoms with Gasteiger partial charge in [-0.15, -0.1) is 0 Å². The molecule has 0 radical (unpaired) electrons. The van der Waals surface area contributed by atoms with E-state index >= 15 is 0 Å². The molecule has 1 aromatic carbocycles. The Kier molecular flexibility index (Phi) is 4.86. The van der Waals surface area contributed by atoms with Crippen LogP contribution in [0.3, 0.4) is 0 Å². The first-order valence-electron chi connectivity index (χ1n) is 7.95. The summed E-state index contributed by atoms with van der Waals surface area (Å²) in [5.41, 5.74) is 2.23. The van der Waals surface area contributed by atoms with E-state index in [4.69, 9.17) is 0 Å². The van der Waals surface area contributed by atoms with Gasteiger partial charge in [0.1, 0.15) is 0 Å². The number of carbonyl (C=O) groups excluding carboxylic acids is 1. The highest BCUT2D eigenvalue weighted by Gasteiger charge is 2.30. The van der Waals surface area contributed by atoms with Crippen LogP contribution in [0.1, 0.15) is 37.7 Å². The van der Waals surface area contributed by atoms with Crippen molar-refractivity contribution >= 4 is 23.4 Å². The smallest absolute Gasteiger partial charge is 0.241 e. The van der Waals surface area contributed by atoms with Crippen LogP contribution in [0.4, 0.5) is 5.69 Å². The monoisotopic (exact) mass is 304 g/mol. The predicted octanol–water partition coefficient (Wildman–Crippen LogP) is 3.20. The summed E-state index contributed by atoms with van der Waals surface area (Å²) in [6.45, 7) is 0. The van der Waals surface area contributed by atoms with Crippen LogP contribution in [0.15, 0.2) is 24.3 Å². The molecule has 0 bridgehead atoms. The molecule has 3 atom stereocenters. The van der Waals surface area contributed by atoms with Crippen molar-refractivity contribution in [2.24, 2.45) is 0 Å². The van der Waals surface area contributed by atoms with Crippen LogP contribution in [-0.4, -0.2) is 29.5 Å². The van der Waals surface area contributed by atoms with E-state index in [9.17, 15) is 4.79 Å². The Morgan fingerprint density at radius 1 is 1.19 bits per heavy atom. The number of hydrogen-bond donors (Lipinski definition) is 2. The minimum Gasteiger partial charge on any atom is -0.324 e. The van der Waals surface area contributed by atoms with Crippen molar-refractivity contribution in [3.63, 3.8) is 0 Å². The third-order valence-corrected chi connectivity index (χ3v) is 5.88. The van der Waals surface area contributed by atoms with Crippen molar-refractivity contribution in [3.8, 4) is 0 Å². The van der Waals surface area contributed by atoms with E-state index in [1.165, 1.54) is 31.2 Å². The zero-order valence-corrected chi connectivity index (χ0v) is 13.4. The molecule has 3 rings (SSSR count). The molecule has 3 nitrogen and oxygen atoms in total. The lowest BCUT2D eigenvalue weighted by Gasteiger charge is -2.33. The van der Waals surface area contributed by atoms with Gasteiger partial charge in [-0.25, -0.2) is 0 Å². The fourth-order valence-corrected chi connectivity index (χ4v) is 4.44. The molecule has 2 aliphatic rings. The largest absolute Gasteiger partial charge is 0.324 e. The van der Waals surface area contributed by atoms with E-state index in [0.29, 0.717) is 11.3 Å². The Morgan fingerprint density at radius 2 is 2.00 bits per heavy atom. The lowest BCUT2D eigenvalue weighted by atomic mass is 9.93. The Morgan fingerprint density at radius 3 is 2.86 bits per heavy atom. The topological polar surface area (TPSA) is 41.1 Å². The van der Waals surface area contributed by atoms with Gasteiger partial charge in [-0.05, 0) is 43.6 Å². The molecule has 21 heavy (non-hydrogen) atoms. The fraction of sp³-hybridized carbons (Fsp3) is 0.588. The molecule has 1 aliphatic heterocycles. The van der Waals surface area contributed by atoms with Crippen molar-refractivity contribution in [2.45, 2.75) is 55.9 Å². The van der Waals surface area contributed by atoms with Gasteiger partial charge >= 0.3 is 0 Å². The molecule has 1 heterocycles. The zero-order chi connectivity index (χ0) is 14.7. The van der Waals surface area contributed by atoms with Gasteiger partial charge in [0.2, 0.25) is 5.91 Å². The third-order valence-electron chi connectivity index (χ3n) is 4.71. The Balaban J connectivity index is 1.68. The molecule has 0 aromatic heterocycles. The third kappa shape index (κ3) is 3.43. The van der Waals surface area contributed by atoms with Crippen molar-refractivity contribution in [2.75, 3.05) is 11.6 Å². The summed E-state index contributed by atoms with van der Waals surface area (Å²) in [5, 5.41) is 7.39. The minimum absolute atomic E-state index is 0.0600. The first-order valence-corrected chi connectivity index (χ1v) is 9.24. The second kappa shape index (κ2) is 6.84. The summed E-state index contributed by atoms with van der Waals surface area (Å²) in [6.07, 6.45) is 9.11. The van der Waals surface area contributed by atoms with Gasteiger partial charge in [-0.1, -0.05) is 31.0 Å². The zero-order valence-electron chi connectivity index (χ0n) is 12.6. The highest BCUT2D eigenvalue weighted by atomic mass is 32.2. The van der Waals surface area contributed by atoms with Crippen molar-refractivity contribution in [3.05, 3.63) is 29.8 Å². The maximum Gasteiger partial charge on any atom is 0.241 e. The summed E-state index contributed by atoms with van der Waals surface area (Å²) in [5.74, 6) is 0.130. The number of benzene rings is 1. The van der Waals surface area contributed by atoms with Crippen LogP contribution in [0.25, 0.3) is 0 Å². The highest BCUT2D eigenvalue weighted by Crippen LogP contribution is 2.28. The van der Waals surface area contributed by atoms with E-state index < -0.39 is 0 Å². The van der Waals surface area contributed by atoms with E-state index in [0.717, 1.165) is 18.5 Å². The summed E-state index contributed by atoms with van der Waals surface area (Å²) in [4.78, 5) is 12.5. The number of para-hydroxylation sites is 1. The summed E-state index contributed by atoms with van der Waals surface area (Å²) < 4.78 is 0. The molecule has 1 aromatic rings. The molecular formula is C17H24N2OS. The molecule has 114 valence electrons. The van der Waals surface area contributed by atoms with Gasteiger partial charge in [0.15, 0.2) is 0 Å². The number of amides is 1. The lowest BCUT2D eigenvalue weighted by molar-refractivity contribution is -0.118. The Labute approximate surface area is 131 Å². The molecule has 1 fully saturated rings. The number of rotatable bonds is 3. The van der Waals surface area contributed by atoms with Gasteiger partial charge in [0.05, 0.1) is 6.04 Å². The number of thioether (sulfide) groups is 1. The normalized spacial score (nSPS) is 29.4. The number of aryl methyl sites for hydroxylation is 1. The Hall–Kier alpha value is -1.00. The maximum absolute atomic E-state index is 12.5. The van der Waals surface area contributed by atoms with Crippen molar-refractivity contribution in [1.82, 2.24) is 5.32 Å². The molecule has 0 spiro atoms. The molecule has 1 saturated carbocycles. The van der Waals surface area contributed by atoms with E-state index in [-0.39, 0.29) is 11.9 Å². The maximum atomic E-state index is 12.5. The summed E-state index contributed by atoms with van der Waals surface area (Å²) >= 11 is 1.94. The summed E-state index contributed by atoms with van der Waals surface area (Å²) in [7, 11) is 0. The fourth-order valence-electron chi connectivity index (χ4n) is 3.50. The van der Waals surface area contributed by atoms with Crippen LogP contribution < -0.4 is 10.6 Å². The number of carbonyl (C=O) groups is 1. The number of anilines is 1. The second-order valence-corrected chi connectivity index (χ2v) is 7.15. The van der Waals surface area contributed by atoms with Crippen LogP contribution in [0, 0.1) is 0 Å². The molecule has 3 unspecified atom stereocenters. The molecule has 1 aliphatic carbocycles. The minimum atomic E-state index is -0.0600. The van der Waals surface area contributed by atoms with Crippen LogP contribution in [0.2, 0.25) is 0 Å². The Bertz CT molecular complexity index is 505. The highest BCUT2D eigenvalue weighted by molar-refractivity contribution is 7.99. The first-order chi connectivity index (χ1) is 10.3. The SMILES string of the molecule is CSC1CCCCC1NC1CCc2ccccc2NC1=O. The van der Waals surface area contributed by atoms with Gasteiger partial charge < -0.3 is 10.6 Å². The number of fused-ring (bicyclic) bond motifs is 1. The lowest BCUT2D eigenvalue weighted by Crippen LogP contribution is -2.50. The van der Waals surface area contributed by atoms with Crippen molar-refractivity contribution < 1.29 is 4.79 Å². The average molecular weight is 304 g/mol. The predicted molar refractivity (Wildman–Crippen MR) is 89.9 cm³/mol. The molecular weight excluding hydrogens is 280 g/mol. The molecule has 1 amide bonds. The van der Waals surface area contributed by atoms with Crippen LogP contribution >= 0.6 is 11.8 Å². The van der Waals surface area contributed by atoms with Gasteiger partial charge in [-0.3, -0.25) is 4.79 Å². The van der Waals surface area contributed by atoms with Gasteiger partial charge in [0.25, 0.3) is 0 Å². The standard InChI is InChI=1S/C17H24N2OS/c1-21-16-9-5-4-8-14(16)18-15-11-10-12-6-2-3-7-13(12)19-17(15)20/h2-3,6-7,14-16,18H,4-5,8-11H2,1H3,(H,19,20). The second-order valence-electron chi connectivity index (χ2n) is 6.07. The van der Waals surface area contributed by atoms with Crippen LogP contribution in [-0.2, 0) is 11.2 Å². The molecule has 4 heteroatoms. The number of hydrogen-bond acceptors (Lipinski definition) is 3. The van der Waals surface area contributed by atoms with Crippen molar-refractivity contribution in [1.29, 1.82) is 0 Å².